The predicted octanol–water partition coefficient (Wildman–Crippen LogP) is 1.32. The van der Waals surface area contributed by atoms with Crippen molar-refractivity contribution in [2.45, 2.75) is 32.2 Å². The van der Waals surface area contributed by atoms with Crippen molar-refractivity contribution in [1.82, 2.24) is 25.0 Å². The first-order valence-electron chi connectivity index (χ1n) is 7.04. The van der Waals surface area contributed by atoms with Crippen LogP contribution in [-0.4, -0.2) is 38.8 Å². The van der Waals surface area contributed by atoms with Crippen LogP contribution in [0.4, 0.5) is 4.79 Å². The SMILES string of the molecule is CC(NC(=O)N1CCC(C2CC2)C1)c1ncn(C)n1. The molecule has 0 radical (unpaired) electrons. The number of amides is 2. The van der Waals surface area contributed by atoms with Gasteiger partial charge in [-0.3, -0.25) is 4.68 Å². The Labute approximate surface area is 113 Å². The molecule has 2 atom stereocenters. The van der Waals surface area contributed by atoms with Crippen molar-refractivity contribution in [1.29, 1.82) is 0 Å². The lowest BCUT2D eigenvalue weighted by Crippen LogP contribution is -2.40. The number of nitrogens with one attached hydrogen (secondary N) is 1. The molecule has 104 valence electrons. The van der Waals surface area contributed by atoms with Gasteiger partial charge in [-0.25, -0.2) is 9.78 Å². The van der Waals surface area contributed by atoms with Gasteiger partial charge in [-0.15, -0.1) is 0 Å². The highest BCUT2D eigenvalue weighted by Crippen LogP contribution is 2.41. The summed E-state index contributed by atoms with van der Waals surface area (Å²) in [6, 6.07) is -0.128. The van der Waals surface area contributed by atoms with Crippen LogP contribution in [0, 0.1) is 11.8 Å². The maximum atomic E-state index is 12.2. The third-order valence-corrected chi connectivity index (χ3v) is 4.15. The molecule has 1 aromatic heterocycles. The van der Waals surface area contributed by atoms with E-state index in [0.29, 0.717) is 5.82 Å². The summed E-state index contributed by atoms with van der Waals surface area (Å²) in [7, 11) is 1.83. The summed E-state index contributed by atoms with van der Waals surface area (Å²) in [5.41, 5.74) is 0. The highest BCUT2D eigenvalue weighted by atomic mass is 16.2. The third kappa shape index (κ3) is 2.72. The first-order chi connectivity index (χ1) is 9.13. The Bertz CT molecular complexity index is 467. The second-order valence-electron chi connectivity index (χ2n) is 5.78. The molecule has 0 aromatic carbocycles. The van der Waals surface area contributed by atoms with E-state index in [1.165, 1.54) is 12.8 Å². The summed E-state index contributed by atoms with van der Waals surface area (Å²) in [6.07, 6.45) is 5.52. The van der Waals surface area contributed by atoms with Gasteiger partial charge in [0, 0.05) is 20.1 Å². The second kappa shape index (κ2) is 4.83. The Morgan fingerprint density at radius 3 is 2.84 bits per heavy atom. The van der Waals surface area contributed by atoms with E-state index in [0.717, 1.165) is 31.3 Å². The largest absolute Gasteiger partial charge is 0.328 e. The molecule has 2 heterocycles. The van der Waals surface area contributed by atoms with Crippen LogP contribution < -0.4 is 5.32 Å². The Morgan fingerprint density at radius 1 is 1.42 bits per heavy atom. The van der Waals surface area contributed by atoms with E-state index in [2.05, 4.69) is 15.4 Å². The van der Waals surface area contributed by atoms with Crippen LogP contribution >= 0.6 is 0 Å². The molecule has 2 fully saturated rings. The number of carbonyl (C=O) groups is 1. The van der Waals surface area contributed by atoms with Gasteiger partial charge >= 0.3 is 6.03 Å². The Morgan fingerprint density at radius 2 is 2.21 bits per heavy atom. The molecule has 3 rings (SSSR count). The average molecular weight is 263 g/mol. The molecule has 1 saturated carbocycles. The van der Waals surface area contributed by atoms with Crippen LogP contribution in [0.2, 0.25) is 0 Å². The summed E-state index contributed by atoms with van der Waals surface area (Å²) in [6.45, 7) is 3.72. The van der Waals surface area contributed by atoms with E-state index < -0.39 is 0 Å². The molecule has 1 aliphatic carbocycles. The normalized spacial score (nSPS) is 24.5. The maximum absolute atomic E-state index is 12.2. The van der Waals surface area contributed by atoms with Crippen LogP contribution in [-0.2, 0) is 7.05 Å². The van der Waals surface area contributed by atoms with Crippen LogP contribution in [0.3, 0.4) is 0 Å². The zero-order chi connectivity index (χ0) is 13.4. The van der Waals surface area contributed by atoms with Gasteiger partial charge in [0.05, 0.1) is 6.04 Å². The summed E-state index contributed by atoms with van der Waals surface area (Å²) in [5.74, 6) is 2.27. The molecule has 0 bridgehead atoms. The molecular formula is C13H21N5O. The zero-order valence-corrected chi connectivity index (χ0v) is 11.5. The monoisotopic (exact) mass is 263 g/mol. The standard InChI is InChI=1S/C13H21N5O/c1-9(12-14-8-17(2)16-12)15-13(19)18-6-5-11(7-18)10-3-4-10/h8-11H,3-7H2,1-2H3,(H,15,19). The fourth-order valence-corrected chi connectivity index (χ4v) is 2.82. The summed E-state index contributed by atoms with van der Waals surface area (Å²) >= 11 is 0. The number of aryl methyl sites for hydroxylation is 1. The van der Waals surface area contributed by atoms with E-state index in [-0.39, 0.29) is 12.1 Å². The van der Waals surface area contributed by atoms with E-state index >= 15 is 0 Å². The molecular weight excluding hydrogens is 242 g/mol. The fourth-order valence-electron chi connectivity index (χ4n) is 2.82. The van der Waals surface area contributed by atoms with Gasteiger partial charge in [-0.1, -0.05) is 0 Å². The van der Waals surface area contributed by atoms with Crippen molar-refractivity contribution in [3.05, 3.63) is 12.2 Å². The van der Waals surface area contributed by atoms with Crippen LogP contribution in [0.1, 0.15) is 38.1 Å². The van der Waals surface area contributed by atoms with Crippen LogP contribution in [0.5, 0.6) is 0 Å². The number of rotatable bonds is 3. The summed E-state index contributed by atoms with van der Waals surface area (Å²) in [5, 5.41) is 7.20. The smallest absolute Gasteiger partial charge is 0.317 e. The molecule has 2 unspecified atom stereocenters. The van der Waals surface area contributed by atoms with E-state index in [1.807, 2.05) is 18.9 Å². The van der Waals surface area contributed by atoms with E-state index in [9.17, 15) is 4.79 Å². The number of hydrogen-bond acceptors (Lipinski definition) is 3. The highest BCUT2D eigenvalue weighted by molar-refractivity contribution is 5.74. The number of aromatic nitrogens is 3. The minimum absolute atomic E-state index is 0.0168. The van der Waals surface area contributed by atoms with Crippen molar-refractivity contribution < 1.29 is 4.79 Å². The van der Waals surface area contributed by atoms with Gasteiger partial charge in [0.2, 0.25) is 0 Å². The predicted molar refractivity (Wildman–Crippen MR) is 70.4 cm³/mol. The number of urea groups is 1. The Kier molecular flexibility index (Phi) is 3.16. The van der Waals surface area contributed by atoms with Gasteiger partial charge in [0.25, 0.3) is 0 Å². The number of nitrogens with zero attached hydrogens (tertiary/aromatic N) is 4. The number of hydrogen-bond donors (Lipinski definition) is 1. The van der Waals surface area contributed by atoms with E-state index in [1.54, 1.807) is 11.0 Å². The van der Waals surface area contributed by atoms with Crippen LogP contribution in [0.15, 0.2) is 6.33 Å². The van der Waals surface area contributed by atoms with E-state index in [4.69, 9.17) is 0 Å². The first kappa shape index (κ1) is 12.4. The quantitative estimate of drug-likeness (QED) is 0.894. The topological polar surface area (TPSA) is 63.1 Å². The Hall–Kier alpha value is -1.59. The van der Waals surface area contributed by atoms with Crippen LogP contribution in [0.25, 0.3) is 0 Å². The molecule has 2 aliphatic rings. The maximum Gasteiger partial charge on any atom is 0.317 e. The van der Waals surface area contributed by atoms with Gasteiger partial charge in [-0.05, 0) is 38.0 Å². The summed E-state index contributed by atoms with van der Waals surface area (Å²) in [4.78, 5) is 18.3. The van der Waals surface area contributed by atoms with Crippen molar-refractivity contribution in [2.75, 3.05) is 13.1 Å². The second-order valence-corrected chi connectivity index (χ2v) is 5.78. The average Bonchev–Trinajstić information content (AvgIpc) is 2.94. The van der Waals surface area contributed by atoms with Crippen molar-refractivity contribution in [3.8, 4) is 0 Å². The molecule has 6 heteroatoms. The van der Waals surface area contributed by atoms with Gasteiger partial charge < -0.3 is 10.2 Å². The minimum atomic E-state index is -0.145. The first-order valence-corrected chi connectivity index (χ1v) is 7.04. The van der Waals surface area contributed by atoms with Crippen molar-refractivity contribution >= 4 is 6.03 Å². The highest BCUT2D eigenvalue weighted by Gasteiger charge is 2.37. The molecule has 2 amide bonds. The fraction of sp³-hybridized carbons (Fsp3) is 0.769. The molecule has 6 nitrogen and oxygen atoms in total. The minimum Gasteiger partial charge on any atom is -0.328 e. The summed E-state index contributed by atoms with van der Waals surface area (Å²) < 4.78 is 1.65. The molecule has 0 spiro atoms. The molecule has 1 saturated heterocycles. The lowest BCUT2D eigenvalue weighted by Gasteiger charge is -2.19. The zero-order valence-electron chi connectivity index (χ0n) is 11.5. The Balaban J connectivity index is 1.53. The molecule has 1 aliphatic heterocycles. The number of likely N-dealkylation sites (tertiary alicyclic amines) is 1. The third-order valence-electron chi connectivity index (χ3n) is 4.15. The number of carbonyl (C=O) groups excluding carboxylic acids is 1. The lowest BCUT2D eigenvalue weighted by molar-refractivity contribution is 0.202. The van der Waals surface area contributed by atoms with Crippen molar-refractivity contribution in [2.24, 2.45) is 18.9 Å². The lowest BCUT2D eigenvalue weighted by atomic mass is 10.0. The molecule has 1 N–H and O–H groups in total. The van der Waals surface area contributed by atoms with Crippen molar-refractivity contribution in [3.63, 3.8) is 0 Å². The van der Waals surface area contributed by atoms with Gasteiger partial charge in [-0.2, -0.15) is 5.10 Å². The van der Waals surface area contributed by atoms with Gasteiger partial charge in [0.1, 0.15) is 6.33 Å². The molecule has 1 aromatic rings. The molecule has 19 heavy (non-hydrogen) atoms. The van der Waals surface area contributed by atoms with Gasteiger partial charge in [0.15, 0.2) is 5.82 Å².